The summed E-state index contributed by atoms with van der Waals surface area (Å²) in [7, 11) is 0. The minimum absolute atomic E-state index is 0.439. The number of hydrogen-bond donors (Lipinski definition) is 0. The zero-order chi connectivity index (χ0) is 33.1. The molecular weight excluding hydrogens is 627 g/mol. The van der Waals surface area contributed by atoms with E-state index in [9.17, 15) is 0 Å². The monoisotopic (exact) mass is 655 g/mol. The molecular formula is C46H29N3S. The third-order valence-corrected chi connectivity index (χ3v) is 11.3. The lowest BCUT2D eigenvalue weighted by Gasteiger charge is -2.40. The van der Waals surface area contributed by atoms with Gasteiger partial charge in [-0.2, -0.15) is 0 Å². The third kappa shape index (κ3) is 4.28. The number of benzene rings is 6. The number of hydrogen-bond acceptors (Lipinski definition) is 4. The zero-order valence-electron chi connectivity index (χ0n) is 27.0. The molecule has 0 radical (unpaired) electrons. The zero-order valence-corrected chi connectivity index (χ0v) is 27.8. The minimum Gasteiger partial charge on any atom is -0.255 e. The molecule has 50 heavy (non-hydrogen) atoms. The van der Waals surface area contributed by atoms with Gasteiger partial charge in [0.1, 0.15) is 0 Å². The van der Waals surface area contributed by atoms with Crippen LogP contribution in [-0.4, -0.2) is 15.0 Å². The first-order valence-corrected chi connectivity index (χ1v) is 17.7. The lowest BCUT2D eigenvalue weighted by atomic mass is 9.67. The minimum atomic E-state index is -0.439. The van der Waals surface area contributed by atoms with Crippen molar-refractivity contribution in [3.8, 4) is 56.3 Å². The van der Waals surface area contributed by atoms with Gasteiger partial charge in [-0.1, -0.05) is 157 Å². The summed E-state index contributed by atoms with van der Waals surface area (Å²) < 4.78 is 0. The van der Waals surface area contributed by atoms with Gasteiger partial charge in [0.25, 0.3) is 0 Å². The standard InChI is InChI=1S/C46H29N3S/c1-2-15-30(16-3-1)41-29-42(40-26-12-13-28-47-40)49-45(48-41)35-20-5-4-17-31(35)34-21-14-25-39-44(34)50-43-27-11-10-24-38(43)46(39)36-22-8-6-18-32(36)33-19-7-9-23-37(33)46/h1-29H. The fraction of sp³-hybridized carbons (Fsp3) is 0.0217. The fourth-order valence-electron chi connectivity index (χ4n) is 7.97. The Morgan fingerprint density at radius 1 is 0.400 bits per heavy atom. The van der Waals surface area contributed by atoms with E-state index in [-0.39, 0.29) is 0 Å². The Labute approximate surface area is 295 Å². The van der Waals surface area contributed by atoms with Crippen molar-refractivity contribution in [1.82, 2.24) is 15.0 Å². The first-order chi connectivity index (χ1) is 24.8. The first kappa shape index (κ1) is 28.9. The van der Waals surface area contributed by atoms with Crippen LogP contribution in [0.3, 0.4) is 0 Å². The normalized spacial score (nSPS) is 13.3. The number of rotatable bonds is 4. The topological polar surface area (TPSA) is 38.7 Å². The predicted octanol–water partition coefficient (Wildman–Crippen LogP) is 11.4. The average Bonchev–Trinajstić information content (AvgIpc) is 3.49. The molecule has 0 saturated carbocycles. The maximum Gasteiger partial charge on any atom is 0.161 e. The van der Waals surface area contributed by atoms with Gasteiger partial charge in [-0.25, -0.2) is 9.97 Å². The van der Waals surface area contributed by atoms with Crippen molar-refractivity contribution in [1.29, 1.82) is 0 Å². The molecule has 0 N–H and O–H groups in total. The highest BCUT2D eigenvalue weighted by Crippen LogP contribution is 2.63. The van der Waals surface area contributed by atoms with Crippen LogP contribution in [0.2, 0.25) is 0 Å². The van der Waals surface area contributed by atoms with Crippen LogP contribution in [-0.2, 0) is 5.41 Å². The molecule has 3 nitrogen and oxygen atoms in total. The van der Waals surface area contributed by atoms with E-state index in [1.54, 1.807) is 0 Å². The SMILES string of the molecule is c1ccc(-c2cc(-c3ccccn3)nc(-c3ccccc3-c3cccc4c3Sc3ccccc3C43c4ccccc4-c4ccccc43)n2)cc1. The molecule has 4 heteroatoms. The second-order valence-corrected chi connectivity index (χ2v) is 13.8. The van der Waals surface area contributed by atoms with Gasteiger partial charge in [-0.15, -0.1) is 0 Å². The molecule has 2 aliphatic rings. The van der Waals surface area contributed by atoms with Crippen molar-refractivity contribution in [2.45, 2.75) is 15.2 Å². The van der Waals surface area contributed by atoms with E-state index in [4.69, 9.17) is 9.97 Å². The molecule has 1 aliphatic heterocycles. The van der Waals surface area contributed by atoms with Crippen molar-refractivity contribution < 1.29 is 0 Å². The quantitative estimate of drug-likeness (QED) is 0.189. The van der Waals surface area contributed by atoms with E-state index >= 15 is 0 Å². The molecule has 0 unspecified atom stereocenters. The first-order valence-electron chi connectivity index (χ1n) is 16.9. The highest BCUT2D eigenvalue weighted by Gasteiger charge is 2.50. The van der Waals surface area contributed by atoms with Gasteiger partial charge < -0.3 is 0 Å². The Morgan fingerprint density at radius 2 is 0.980 bits per heavy atom. The molecule has 3 heterocycles. The second-order valence-electron chi connectivity index (χ2n) is 12.7. The fourth-order valence-corrected chi connectivity index (χ4v) is 9.29. The van der Waals surface area contributed by atoms with Gasteiger partial charge in [-0.05, 0) is 68.8 Å². The van der Waals surface area contributed by atoms with E-state index < -0.39 is 5.41 Å². The van der Waals surface area contributed by atoms with Crippen LogP contribution in [0, 0.1) is 0 Å². The molecule has 1 spiro atoms. The highest BCUT2D eigenvalue weighted by atomic mass is 32.2. The highest BCUT2D eigenvalue weighted by molar-refractivity contribution is 7.99. The summed E-state index contributed by atoms with van der Waals surface area (Å²) in [5, 5.41) is 0. The molecule has 0 saturated heterocycles. The van der Waals surface area contributed by atoms with Crippen LogP contribution >= 0.6 is 11.8 Å². The van der Waals surface area contributed by atoms with Gasteiger partial charge in [0.15, 0.2) is 5.82 Å². The lowest BCUT2D eigenvalue weighted by Crippen LogP contribution is -2.32. The van der Waals surface area contributed by atoms with Gasteiger partial charge in [-0.3, -0.25) is 4.98 Å². The third-order valence-electron chi connectivity index (χ3n) is 10.1. The summed E-state index contributed by atoms with van der Waals surface area (Å²) in [6, 6.07) is 60.6. The van der Waals surface area contributed by atoms with Crippen LogP contribution < -0.4 is 0 Å². The molecule has 1 aliphatic carbocycles. The Kier molecular flexibility index (Phi) is 6.64. The molecule has 6 aromatic carbocycles. The van der Waals surface area contributed by atoms with Crippen LogP contribution in [0.5, 0.6) is 0 Å². The van der Waals surface area contributed by atoms with Gasteiger partial charge in [0.2, 0.25) is 0 Å². The summed E-state index contributed by atoms with van der Waals surface area (Å²) in [5.41, 5.74) is 14.2. The van der Waals surface area contributed by atoms with Crippen molar-refractivity contribution in [2.24, 2.45) is 0 Å². The smallest absolute Gasteiger partial charge is 0.161 e. The lowest BCUT2D eigenvalue weighted by molar-refractivity contribution is 0.723. The molecule has 2 aromatic heterocycles. The summed E-state index contributed by atoms with van der Waals surface area (Å²) in [4.78, 5) is 17.6. The molecule has 0 amide bonds. The van der Waals surface area contributed by atoms with Crippen LogP contribution in [0.4, 0.5) is 0 Å². The number of fused-ring (bicyclic) bond motifs is 9. The van der Waals surface area contributed by atoms with Gasteiger partial charge >= 0.3 is 0 Å². The second kappa shape index (κ2) is 11.5. The van der Waals surface area contributed by atoms with Crippen molar-refractivity contribution in [3.05, 3.63) is 198 Å². The Hall–Kier alpha value is -6.10. The van der Waals surface area contributed by atoms with E-state index in [0.29, 0.717) is 5.82 Å². The van der Waals surface area contributed by atoms with E-state index in [0.717, 1.165) is 33.8 Å². The molecule has 10 rings (SSSR count). The maximum atomic E-state index is 5.22. The average molecular weight is 656 g/mol. The summed E-state index contributed by atoms with van der Waals surface area (Å²) >= 11 is 1.87. The largest absolute Gasteiger partial charge is 0.255 e. The van der Waals surface area contributed by atoms with Gasteiger partial charge in [0.05, 0.1) is 22.5 Å². The van der Waals surface area contributed by atoms with E-state index in [1.807, 2.05) is 60.4 Å². The van der Waals surface area contributed by atoms with Crippen molar-refractivity contribution >= 4 is 11.8 Å². The van der Waals surface area contributed by atoms with Crippen LogP contribution in [0.25, 0.3) is 56.3 Å². The van der Waals surface area contributed by atoms with Crippen LogP contribution in [0.15, 0.2) is 186 Å². The number of nitrogens with zero attached hydrogens (tertiary/aromatic N) is 3. The summed E-state index contributed by atoms with van der Waals surface area (Å²) in [5.74, 6) is 0.674. The molecule has 0 fully saturated rings. The molecule has 234 valence electrons. The number of pyridine rings is 1. The Bertz CT molecular complexity index is 2480. The van der Waals surface area contributed by atoms with Crippen molar-refractivity contribution in [2.75, 3.05) is 0 Å². The Morgan fingerprint density at radius 3 is 1.72 bits per heavy atom. The van der Waals surface area contributed by atoms with E-state index in [1.165, 1.54) is 48.7 Å². The van der Waals surface area contributed by atoms with Gasteiger partial charge in [0, 0.05) is 27.1 Å². The predicted molar refractivity (Wildman–Crippen MR) is 203 cm³/mol. The molecule has 8 aromatic rings. The maximum absolute atomic E-state index is 5.22. The summed E-state index contributed by atoms with van der Waals surface area (Å²) in [6.45, 7) is 0. The van der Waals surface area contributed by atoms with E-state index in [2.05, 4.69) is 132 Å². The van der Waals surface area contributed by atoms with Crippen LogP contribution in [0.1, 0.15) is 22.3 Å². The van der Waals surface area contributed by atoms with Crippen molar-refractivity contribution in [3.63, 3.8) is 0 Å². The number of aromatic nitrogens is 3. The summed E-state index contributed by atoms with van der Waals surface area (Å²) in [6.07, 6.45) is 1.81. The molecule has 0 bridgehead atoms. The molecule has 0 atom stereocenters. The Balaban J connectivity index is 1.23.